The van der Waals surface area contributed by atoms with Crippen molar-refractivity contribution in [2.24, 2.45) is 23.5 Å². The molecule has 0 bridgehead atoms. The molecule has 0 heterocycles. The Morgan fingerprint density at radius 3 is 2.53 bits per heavy atom. The second kappa shape index (κ2) is 7.09. The Balaban J connectivity index is 2.72. The quantitative estimate of drug-likeness (QED) is 0.751. The first kappa shape index (κ1) is 16.2. The molecular formula is C16H29NO2. The molecule has 0 aliphatic heterocycles. The Morgan fingerprint density at radius 1 is 1.42 bits per heavy atom. The van der Waals surface area contributed by atoms with E-state index in [1.165, 1.54) is 6.42 Å². The van der Waals surface area contributed by atoms with Gasteiger partial charge in [-0.25, -0.2) is 0 Å². The summed E-state index contributed by atoms with van der Waals surface area (Å²) in [5.41, 5.74) is 6.63. The van der Waals surface area contributed by atoms with Crippen LogP contribution in [0.15, 0.2) is 12.2 Å². The van der Waals surface area contributed by atoms with Gasteiger partial charge < -0.3 is 10.5 Å². The number of nitrogens with two attached hydrogens (primary N) is 1. The highest BCUT2D eigenvalue weighted by atomic mass is 16.5. The lowest BCUT2D eigenvalue weighted by Gasteiger charge is -2.37. The minimum Gasteiger partial charge on any atom is -0.367 e. The smallest absolute Gasteiger partial charge is 0.246 e. The Labute approximate surface area is 117 Å². The van der Waals surface area contributed by atoms with Crippen LogP contribution in [0.4, 0.5) is 0 Å². The molecule has 2 N–H and O–H groups in total. The number of carbonyl (C=O) groups excluding carboxylic acids is 1. The number of hydrogen-bond donors (Lipinski definition) is 1. The zero-order valence-corrected chi connectivity index (χ0v) is 12.8. The fourth-order valence-electron chi connectivity index (χ4n) is 2.92. The van der Waals surface area contributed by atoms with Crippen LogP contribution in [0.2, 0.25) is 0 Å². The fraction of sp³-hybridized carbons (Fsp3) is 0.812. The molecule has 0 spiro atoms. The first-order valence-corrected chi connectivity index (χ1v) is 7.41. The lowest BCUT2D eigenvalue weighted by atomic mass is 9.77. The van der Waals surface area contributed by atoms with Crippen LogP contribution in [0, 0.1) is 17.8 Å². The van der Waals surface area contributed by atoms with Gasteiger partial charge in [0.1, 0.15) is 6.10 Å². The molecule has 0 radical (unpaired) electrons. The van der Waals surface area contributed by atoms with E-state index >= 15 is 0 Å². The Kier molecular flexibility index (Phi) is 6.05. The van der Waals surface area contributed by atoms with Crippen molar-refractivity contribution in [2.45, 2.75) is 65.6 Å². The highest BCUT2D eigenvalue weighted by Gasteiger charge is 2.33. The van der Waals surface area contributed by atoms with E-state index in [1.54, 1.807) is 0 Å². The van der Waals surface area contributed by atoms with Gasteiger partial charge in [0.25, 0.3) is 0 Å². The molecular weight excluding hydrogens is 238 g/mol. The van der Waals surface area contributed by atoms with Crippen LogP contribution in [0.3, 0.4) is 0 Å². The van der Waals surface area contributed by atoms with Gasteiger partial charge in [0, 0.05) is 5.92 Å². The third kappa shape index (κ3) is 4.98. The van der Waals surface area contributed by atoms with E-state index in [0.717, 1.165) is 18.4 Å². The van der Waals surface area contributed by atoms with Gasteiger partial charge in [-0.2, -0.15) is 0 Å². The molecule has 3 heteroatoms. The summed E-state index contributed by atoms with van der Waals surface area (Å²) in [5.74, 6) is 1.08. The van der Waals surface area contributed by atoms with Crippen LogP contribution in [0.1, 0.15) is 53.4 Å². The van der Waals surface area contributed by atoms with Gasteiger partial charge in [0.15, 0.2) is 0 Å². The third-order valence-electron chi connectivity index (χ3n) is 4.03. The van der Waals surface area contributed by atoms with E-state index in [2.05, 4.69) is 34.3 Å². The summed E-state index contributed by atoms with van der Waals surface area (Å²) in [5, 5.41) is 0. The van der Waals surface area contributed by atoms with Crippen LogP contribution in [0.5, 0.6) is 0 Å². The molecule has 1 aliphatic carbocycles. The van der Waals surface area contributed by atoms with Crippen LogP contribution in [0.25, 0.3) is 0 Å². The van der Waals surface area contributed by atoms with Gasteiger partial charge in [0.2, 0.25) is 5.91 Å². The summed E-state index contributed by atoms with van der Waals surface area (Å²) in [6.45, 7) is 12.5. The van der Waals surface area contributed by atoms with Crippen molar-refractivity contribution in [1.82, 2.24) is 0 Å². The van der Waals surface area contributed by atoms with E-state index in [1.807, 2.05) is 0 Å². The molecule has 0 aromatic rings. The van der Waals surface area contributed by atoms with Crippen LogP contribution >= 0.6 is 0 Å². The number of primary amides is 1. The van der Waals surface area contributed by atoms with Crippen LogP contribution in [-0.4, -0.2) is 18.1 Å². The largest absolute Gasteiger partial charge is 0.367 e. The van der Waals surface area contributed by atoms with E-state index in [9.17, 15) is 4.79 Å². The van der Waals surface area contributed by atoms with Crippen molar-refractivity contribution >= 4 is 5.91 Å². The van der Waals surface area contributed by atoms with E-state index in [-0.39, 0.29) is 12.0 Å². The van der Waals surface area contributed by atoms with Crippen molar-refractivity contribution in [3.8, 4) is 0 Å². The van der Waals surface area contributed by atoms with Crippen molar-refractivity contribution in [3.63, 3.8) is 0 Å². The van der Waals surface area contributed by atoms with Crippen LogP contribution < -0.4 is 5.73 Å². The molecule has 0 aromatic heterocycles. The molecule has 1 rings (SSSR count). The number of ether oxygens (including phenoxy) is 1. The molecule has 4 unspecified atom stereocenters. The maximum atomic E-state index is 11.5. The van der Waals surface area contributed by atoms with Gasteiger partial charge in [-0.15, -0.1) is 0 Å². The lowest BCUT2D eigenvalue weighted by Crippen LogP contribution is -2.40. The number of rotatable bonds is 6. The zero-order valence-electron chi connectivity index (χ0n) is 12.8. The zero-order chi connectivity index (χ0) is 14.6. The monoisotopic (exact) mass is 267 g/mol. The maximum absolute atomic E-state index is 11.5. The molecule has 1 amide bonds. The van der Waals surface area contributed by atoms with Crippen molar-refractivity contribution < 1.29 is 9.53 Å². The molecule has 4 atom stereocenters. The summed E-state index contributed by atoms with van der Waals surface area (Å²) >= 11 is 0. The first-order chi connectivity index (χ1) is 8.81. The van der Waals surface area contributed by atoms with Crippen molar-refractivity contribution in [1.29, 1.82) is 0 Å². The average Bonchev–Trinajstić information content (AvgIpc) is 2.26. The second-order valence-corrected chi connectivity index (χ2v) is 6.57. The van der Waals surface area contributed by atoms with Gasteiger partial charge in [-0.3, -0.25) is 4.79 Å². The molecule has 1 saturated carbocycles. The van der Waals surface area contributed by atoms with Crippen molar-refractivity contribution in [2.75, 3.05) is 0 Å². The third-order valence-corrected chi connectivity index (χ3v) is 4.03. The molecule has 110 valence electrons. The molecule has 0 aromatic carbocycles. The van der Waals surface area contributed by atoms with Crippen LogP contribution in [-0.2, 0) is 9.53 Å². The van der Waals surface area contributed by atoms with Gasteiger partial charge in [-0.05, 0) is 44.4 Å². The topological polar surface area (TPSA) is 52.3 Å². The van der Waals surface area contributed by atoms with Crippen molar-refractivity contribution in [3.05, 3.63) is 12.2 Å². The van der Waals surface area contributed by atoms with Gasteiger partial charge >= 0.3 is 0 Å². The number of carbonyl (C=O) groups is 1. The molecule has 19 heavy (non-hydrogen) atoms. The van der Waals surface area contributed by atoms with E-state index < -0.39 is 6.10 Å². The average molecular weight is 267 g/mol. The summed E-state index contributed by atoms with van der Waals surface area (Å²) in [6.07, 6.45) is 3.65. The maximum Gasteiger partial charge on any atom is 0.246 e. The summed E-state index contributed by atoms with van der Waals surface area (Å²) in [6, 6.07) is 0. The normalized spacial score (nSPS) is 29.2. The summed E-state index contributed by atoms with van der Waals surface area (Å²) < 4.78 is 6.07. The SMILES string of the molecule is C=C(C)C1CCC(C)CC1OC(CC(C)C)C(N)=O. The van der Waals surface area contributed by atoms with E-state index in [4.69, 9.17) is 10.5 Å². The first-order valence-electron chi connectivity index (χ1n) is 7.41. The highest BCUT2D eigenvalue weighted by molar-refractivity contribution is 5.78. The molecule has 1 aliphatic rings. The van der Waals surface area contributed by atoms with E-state index in [0.29, 0.717) is 24.2 Å². The fourth-order valence-corrected chi connectivity index (χ4v) is 2.92. The lowest BCUT2D eigenvalue weighted by molar-refractivity contribution is -0.139. The summed E-state index contributed by atoms with van der Waals surface area (Å²) in [7, 11) is 0. The molecule has 3 nitrogen and oxygen atoms in total. The Hall–Kier alpha value is -0.830. The molecule has 1 fully saturated rings. The Bertz CT molecular complexity index is 325. The Morgan fingerprint density at radius 2 is 2.05 bits per heavy atom. The van der Waals surface area contributed by atoms with Gasteiger partial charge in [0.05, 0.1) is 6.10 Å². The number of hydrogen-bond acceptors (Lipinski definition) is 2. The second-order valence-electron chi connectivity index (χ2n) is 6.57. The summed E-state index contributed by atoms with van der Waals surface area (Å²) in [4.78, 5) is 11.5. The number of amides is 1. The van der Waals surface area contributed by atoms with Gasteiger partial charge in [-0.1, -0.05) is 32.9 Å². The predicted molar refractivity (Wildman–Crippen MR) is 78.6 cm³/mol. The standard InChI is InChI=1S/C16H29NO2/c1-10(2)8-15(16(17)18)19-14-9-12(5)6-7-13(14)11(3)4/h10,12-15H,3,6-9H2,1-2,4-5H3,(H2,17,18). The highest BCUT2D eigenvalue weighted by Crippen LogP contribution is 2.35. The minimum atomic E-state index is -0.461. The minimum absolute atomic E-state index is 0.0949. The predicted octanol–water partition coefficient (Wildman–Crippen LogP) is 3.28. The molecule has 0 saturated heterocycles.